The van der Waals surface area contributed by atoms with Crippen molar-refractivity contribution in [3.05, 3.63) is 51.6 Å². The van der Waals surface area contributed by atoms with Crippen LogP contribution in [0, 0.1) is 14.9 Å². The summed E-state index contributed by atoms with van der Waals surface area (Å²) in [6.07, 6.45) is 0.767. The van der Waals surface area contributed by atoms with Gasteiger partial charge < -0.3 is 9.47 Å². The van der Waals surface area contributed by atoms with Crippen LogP contribution < -0.4 is 9.47 Å². The van der Waals surface area contributed by atoms with Gasteiger partial charge in [0.1, 0.15) is 17.6 Å². The zero-order chi connectivity index (χ0) is 17.5. The first kappa shape index (κ1) is 18.3. The molecule has 2 aromatic carbocycles. The van der Waals surface area contributed by atoms with Crippen LogP contribution in [0.25, 0.3) is 0 Å². The van der Waals surface area contributed by atoms with Gasteiger partial charge in [0.15, 0.2) is 0 Å². The van der Waals surface area contributed by atoms with Crippen LogP contribution in [0.4, 0.5) is 5.69 Å². The molecule has 2 aromatic rings. The topological polar surface area (TPSA) is 54.6 Å². The second-order valence-electron chi connectivity index (χ2n) is 5.46. The molecule has 0 spiro atoms. The lowest BCUT2D eigenvalue weighted by molar-refractivity contribution is 0.317. The molecule has 0 saturated heterocycles. The second-order valence-corrected chi connectivity index (χ2v) is 6.62. The lowest BCUT2D eigenvalue weighted by Gasteiger charge is -2.17. The first-order chi connectivity index (χ1) is 11.5. The molecule has 2 rings (SSSR count). The van der Waals surface area contributed by atoms with Crippen LogP contribution in [0.2, 0.25) is 0 Å². The molecule has 0 fully saturated rings. The Morgan fingerprint density at radius 1 is 1.17 bits per heavy atom. The Morgan fingerprint density at radius 3 is 2.46 bits per heavy atom. The first-order valence-corrected chi connectivity index (χ1v) is 8.66. The van der Waals surface area contributed by atoms with Gasteiger partial charge in [-0.15, -0.1) is 0 Å². The van der Waals surface area contributed by atoms with E-state index < -0.39 is 6.10 Å². The maximum absolute atomic E-state index is 9.37. The fourth-order valence-corrected chi connectivity index (χ4v) is 2.81. The van der Waals surface area contributed by atoms with E-state index in [2.05, 4.69) is 47.5 Å². The van der Waals surface area contributed by atoms with E-state index >= 15 is 0 Å². The molecule has 124 valence electrons. The van der Waals surface area contributed by atoms with Crippen molar-refractivity contribution in [1.82, 2.24) is 0 Å². The number of nitriles is 1. The minimum absolute atomic E-state index is 0.247. The highest BCUT2D eigenvalue weighted by Crippen LogP contribution is 2.34. The number of methoxy groups -OCH3 is 1. The summed E-state index contributed by atoms with van der Waals surface area (Å²) in [7, 11) is 1.65. The molecule has 0 saturated carbocycles. The summed E-state index contributed by atoms with van der Waals surface area (Å²) in [5, 5.41) is 9.37. The van der Waals surface area contributed by atoms with Crippen LogP contribution in [-0.2, 0) is 0 Å². The van der Waals surface area contributed by atoms with Crippen LogP contribution in [0.15, 0.2) is 47.5 Å². The van der Waals surface area contributed by atoms with Gasteiger partial charge in [0.05, 0.1) is 22.6 Å². The van der Waals surface area contributed by atoms with Crippen LogP contribution in [0.5, 0.6) is 11.5 Å². The minimum atomic E-state index is -0.757. The summed E-state index contributed by atoms with van der Waals surface area (Å²) in [6, 6.07) is 15.5. The third-order valence-electron chi connectivity index (χ3n) is 3.40. The van der Waals surface area contributed by atoms with E-state index in [1.807, 2.05) is 42.5 Å². The van der Waals surface area contributed by atoms with Crippen LogP contribution in [0.3, 0.4) is 0 Å². The highest BCUT2D eigenvalue weighted by molar-refractivity contribution is 14.1. The maximum Gasteiger partial charge on any atom is 0.219 e. The average molecular weight is 434 g/mol. The van der Waals surface area contributed by atoms with Gasteiger partial charge in [0, 0.05) is 5.56 Å². The Morgan fingerprint density at radius 2 is 1.88 bits per heavy atom. The number of hydrogen-bond acceptors (Lipinski definition) is 4. The molecule has 0 heterocycles. The van der Waals surface area contributed by atoms with Gasteiger partial charge in [-0.05, 0) is 52.8 Å². The Balaban J connectivity index is 2.26. The maximum atomic E-state index is 9.37. The Kier molecular flexibility index (Phi) is 6.62. The lowest BCUT2D eigenvalue weighted by Crippen LogP contribution is -2.17. The summed E-state index contributed by atoms with van der Waals surface area (Å²) in [4.78, 5) is 4.31. The smallest absolute Gasteiger partial charge is 0.219 e. The molecule has 4 nitrogen and oxygen atoms in total. The second kappa shape index (κ2) is 8.69. The summed E-state index contributed by atoms with van der Waals surface area (Å²) in [5.41, 5.74) is 1.79. The number of rotatable bonds is 6. The standard InChI is InChI=1S/C19H19IN2O2/c1-13(2)16-9-19(23-3)17(20)10-18(16)24-15(11-21)12-22-14-7-5-4-6-8-14/h4-10,12-13,15H,1-3H3. The fourth-order valence-electron chi connectivity index (χ4n) is 2.16. The number of nitrogens with zero attached hydrogens (tertiary/aromatic N) is 2. The summed E-state index contributed by atoms with van der Waals surface area (Å²) in [6.45, 7) is 4.15. The molecule has 0 aliphatic rings. The predicted octanol–water partition coefficient (Wildman–Crippen LogP) is 5.10. The van der Waals surface area contributed by atoms with Gasteiger partial charge in [-0.1, -0.05) is 32.0 Å². The van der Waals surface area contributed by atoms with E-state index in [1.165, 1.54) is 6.21 Å². The molecule has 0 bridgehead atoms. The van der Waals surface area contributed by atoms with Gasteiger partial charge in [0.25, 0.3) is 0 Å². The third kappa shape index (κ3) is 4.71. The first-order valence-electron chi connectivity index (χ1n) is 7.58. The molecular weight excluding hydrogens is 415 g/mol. The van der Waals surface area contributed by atoms with Crippen molar-refractivity contribution >= 4 is 34.5 Å². The number of halogens is 1. The van der Waals surface area contributed by atoms with Crippen LogP contribution in [-0.4, -0.2) is 19.4 Å². The molecule has 0 N–H and O–H groups in total. The van der Waals surface area contributed by atoms with Crippen molar-refractivity contribution in [1.29, 1.82) is 5.26 Å². The minimum Gasteiger partial charge on any atom is -0.496 e. The number of ether oxygens (including phenoxy) is 2. The molecule has 5 heteroatoms. The largest absolute Gasteiger partial charge is 0.496 e. The quantitative estimate of drug-likeness (QED) is 0.470. The van der Waals surface area contributed by atoms with Gasteiger partial charge in [-0.25, -0.2) is 0 Å². The molecule has 0 aliphatic heterocycles. The molecule has 0 amide bonds. The number of para-hydroxylation sites is 1. The molecule has 0 aliphatic carbocycles. The predicted molar refractivity (Wildman–Crippen MR) is 104 cm³/mol. The number of hydrogen-bond donors (Lipinski definition) is 0. The Bertz CT molecular complexity index is 752. The van der Waals surface area contributed by atoms with Crippen molar-refractivity contribution < 1.29 is 9.47 Å². The molecule has 1 atom stereocenters. The van der Waals surface area contributed by atoms with Crippen molar-refractivity contribution in [2.75, 3.05) is 7.11 Å². The highest BCUT2D eigenvalue weighted by atomic mass is 127. The Labute approximate surface area is 156 Å². The lowest BCUT2D eigenvalue weighted by atomic mass is 10.0. The molecular formula is C19H19IN2O2. The van der Waals surface area contributed by atoms with Gasteiger partial charge >= 0.3 is 0 Å². The van der Waals surface area contributed by atoms with Crippen LogP contribution in [0.1, 0.15) is 25.3 Å². The SMILES string of the molecule is COc1cc(C(C)C)c(OC(C#N)C=Nc2ccccc2)cc1I. The molecule has 0 radical (unpaired) electrons. The normalized spacial score (nSPS) is 12.2. The van der Waals surface area contributed by atoms with Crippen molar-refractivity contribution in [3.63, 3.8) is 0 Å². The average Bonchev–Trinajstić information content (AvgIpc) is 2.59. The summed E-state index contributed by atoms with van der Waals surface area (Å²) in [5.74, 6) is 1.73. The van der Waals surface area contributed by atoms with Gasteiger partial charge in [-0.2, -0.15) is 5.26 Å². The zero-order valence-electron chi connectivity index (χ0n) is 13.9. The summed E-state index contributed by atoms with van der Waals surface area (Å²) < 4.78 is 12.2. The zero-order valence-corrected chi connectivity index (χ0v) is 16.0. The van der Waals surface area contributed by atoms with Crippen molar-refractivity contribution in [2.45, 2.75) is 25.9 Å². The van der Waals surface area contributed by atoms with Crippen molar-refractivity contribution in [2.24, 2.45) is 4.99 Å². The van der Waals surface area contributed by atoms with Crippen molar-refractivity contribution in [3.8, 4) is 17.6 Å². The van der Waals surface area contributed by atoms with E-state index in [-0.39, 0.29) is 5.92 Å². The molecule has 1 unspecified atom stereocenters. The summed E-state index contributed by atoms with van der Waals surface area (Å²) >= 11 is 2.19. The van der Waals surface area contributed by atoms with E-state index in [9.17, 15) is 5.26 Å². The highest BCUT2D eigenvalue weighted by Gasteiger charge is 2.16. The number of benzene rings is 2. The number of aliphatic imine (C=N–C) groups is 1. The monoisotopic (exact) mass is 434 g/mol. The van der Waals surface area contributed by atoms with E-state index in [1.54, 1.807) is 7.11 Å². The third-order valence-corrected chi connectivity index (χ3v) is 4.25. The fraction of sp³-hybridized carbons (Fsp3) is 0.263. The van der Waals surface area contributed by atoms with E-state index in [0.29, 0.717) is 5.75 Å². The van der Waals surface area contributed by atoms with Crippen LogP contribution >= 0.6 is 22.6 Å². The van der Waals surface area contributed by atoms with Gasteiger partial charge in [0.2, 0.25) is 6.10 Å². The molecule has 0 aromatic heterocycles. The van der Waals surface area contributed by atoms with E-state index in [4.69, 9.17) is 9.47 Å². The van der Waals surface area contributed by atoms with Gasteiger partial charge in [-0.3, -0.25) is 4.99 Å². The van der Waals surface area contributed by atoms with E-state index in [0.717, 1.165) is 20.6 Å². The Hall–Kier alpha value is -2.07. The molecule has 24 heavy (non-hydrogen) atoms.